The van der Waals surface area contributed by atoms with Gasteiger partial charge in [-0.1, -0.05) is 48.9 Å². The van der Waals surface area contributed by atoms with Crippen LogP contribution < -0.4 is 5.32 Å². The number of aromatic nitrogens is 4. The summed E-state index contributed by atoms with van der Waals surface area (Å²) in [6, 6.07) is 15.1. The lowest BCUT2D eigenvalue weighted by Gasteiger charge is -2.32. The summed E-state index contributed by atoms with van der Waals surface area (Å²) in [5, 5.41) is 13.2. The van der Waals surface area contributed by atoms with E-state index in [1.165, 1.54) is 12.1 Å². The van der Waals surface area contributed by atoms with Gasteiger partial charge in [0.2, 0.25) is 5.82 Å². The van der Waals surface area contributed by atoms with E-state index in [2.05, 4.69) is 22.2 Å². The standard InChI is InChI=1S/C29H28F3N5O2/c1-17(19-6-5-7-19)33-23-22-24(35-25(34-23)26(38)39)36-27(28(14-15-28)20-8-3-2-4-9-20)37(22)16-18-10-12-21(13-11-18)29(30,31)32/h2-4,8-13,17,19H,5-7,14-16H2,1H3,(H,38,39)(H,33,34,35)/t17-/m1/s1. The molecule has 0 saturated heterocycles. The minimum absolute atomic E-state index is 0.0559. The van der Waals surface area contributed by atoms with Gasteiger partial charge in [0.25, 0.3) is 0 Å². The third kappa shape index (κ3) is 4.62. The van der Waals surface area contributed by atoms with Crippen molar-refractivity contribution in [3.05, 3.63) is 82.9 Å². The SMILES string of the molecule is C[C@@H](Nc1nc(C(=O)O)nc2nc(C3(c4ccccc4)CC3)n(Cc3ccc(C(F)(F)F)cc3)c12)C1CCC1. The monoisotopic (exact) mass is 535 g/mol. The van der Waals surface area contributed by atoms with Crippen LogP contribution in [0.25, 0.3) is 11.2 Å². The maximum atomic E-state index is 13.2. The Morgan fingerprint density at radius 2 is 1.77 bits per heavy atom. The number of fused-ring (bicyclic) bond motifs is 1. The van der Waals surface area contributed by atoms with E-state index in [-0.39, 0.29) is 24.1 Å². The number of aromatic carboxylic acids is 1. The molecule has 2 fully saturated rings. The van der Waals surface area contributed by atoms with Crippen LogP contribution in [0.15, 0.2) is 54.6 Å². The predicted octanol–water partition coefficient (Wildman–Crippen LogP) is 6.27. The van der Waals surface area contributed by atoms with Gasteiger partial charge >= 0.3 is 12.1 Å². The summed E-state index contributed by atoms with van der Waals surface area (Å²) in [4.78, 5) is 25.5. The molecule has 0 radical (unpaired) electrons. The lowest BCUT2D eigenvalue weighted by molar-refractivity contribution is -0.137. The van der Waals surface area contributed by atoms with Crippen LogP contribution >= 0.6 is 0 Å². The zero-order valence-corrected chi connectivity index (χ0v) is 21.4. The molecular weight excluding hydrogens is 507 g/mol. The van der Waals surface area contributed by atoms with E-state index in [9.17, 15) is 23.1 Å². The van der Waals surface area contributed by atoms with Crippen molar-refractivity contribution in [1.29, 1.82) is 0 Å². The van der Waals surface area contributed by atoms with Gasteiger partial charge in [-0.05, 0) is 61.8 Å². The van der Waals surface area contributed by atoms with Crippen molar-refractivity contribution in [1.82, 2.24) is 19.5 Å². The molecule has 2 aromatic carbocycles. The quantitative estimate of drug-likeness (QED) is 0.276. The largest absolute Gasteiger partial charge is 0.475 e. The molecule has 2 saturated carbocycles. The highest BCUT2D eigenvalue weighted by atomic mass is 19.4. The molecule has 202 valence electrons. The first kappa shape index (κ1) is 25.3. The average molecular weight is 536 g/mol. The Morgan fingerprint density at radius 3 is 2.33 bits per heavy atom. The molecule has 2 aromatic heterocycles. The van der Waals surface area contributed by atoms with Crippen molar-refractivity contribution in [3.63, 3.8) is 0 Å². The van der Waals surface area contributed by atoms with Crippen molar-refractivity contribution in [2.24, 2.45) is 5.92 Å². The summed E-state index contributed by atoms with van der Waals surface area (Å²) >= 11 is 0. The highest BCUT2D eigenvalue weighted by molar-refractivity contribution is 5.91. The molecule has 2 N–H and O–H groups in total. The average Bonchev–Trinajstić information content (AvgIpc) is 3.59. The van der Waals surface area contributed by atoms with Crippen molar-refractivity contribution < 1.29 is 23.1 Å². The third-order valence-electron chi connectivity index (χ3n) is 8.14. The number of hydrogen-bond acceptors (Lipinski definition) is 5. The van der Waals surface area contributed by atoms with Crippen LogP contribution in [0.5, 0.6) is 0 Å². The fraction of sp³-hybridized carbons (Fsp3) is 0.379. The number of imidazole rings is 1. The molecule has 10 heteroatoms. The summed E-state index contributed by atoms with van der Waals surface area (Å²) in [6.07, 6.45) is 0.586. The van der Waals surface area contributed by atoms with E-state index in [4.69, 9.17) is 4.98 Å². The van der Waals surface area contributed by atoms with Gasteiger partial charge in [-0.25, -0.2) is 19.7 Å². The molecule has 6 rings (SSSR count). The highest BCUT2D eigenvalue weighted by Crippen LogP contribution is 2.53. The minimum atomic E-state index is -4.42. The number of rotatable bonds is 8. The lowest BCUT2D eigenvalue weighted by atomic mass is 9.80. The van der Waals surface area contributed by atoms with Crippen molar-refractivity contribution in [3.8, 4) is 0 Å². The molecule has 0 spiro atoms. The first-order valence-corrected chi connectivity index (χ1v) is 13.2. The number of hydrogen-bond donors (Lipinski definition) is 2. The van der Waals surface area contributed by atoms with Crippen LogP contribution in [-0.4, -0.2) is 36.6 Å². The number of nitrogens with one attached hydrogen (secondary N) is 1. The maximum absolute atomic E-state index is 13.2. The number of carboxylic acids is 1. The summed E-state index contributed by atoms with van der Waals surface area (Å²) in [7, 11) is 0. The first-order valence-electron chi connectivity index (χ1n) is 13.2. The fourth-order valence-electron chi connectivity index (χ4n) is 5.53. The van der Waals surface area contributed by atoms with Gasteiger partial charge in [-0.2, -0.15) is 13.2 Å². The van der Waals surface area contributed by atoms with Crippen molar-refractivity contribution in [2.75, 3.05) is 5.32 Å². The number of carbonyl (C=O) groups is 1. The lowest BCUT2D eigenvalue weighted by Crippen LogP contribution is -2.31. The van der Waals surface area contributed by atoms with Crippen LogP contribution in [0.4, 0.5) is 19.0 Å². The van der Waals surface area contributed by atoms with Crippen molar-refractivity contribution in [2.45, 2.75) is 63.2 Å². The zero-order chi connectivity index (χ0) is 27.4. The van der Waals surface area contributed by atoms with Crippen LogP contribution in [0.3, 0.4) is 0 Å². The molecule has 2 aliphatic carbocycles. The highest BCUT2D eigenvalue weighted by Gasteiger charge is 2.50. The van der Waals surface area contributed by atoms with E-state index >= 15 is 0 Å². The molecule has 2 aliphatic rings. The van der Waals surface area contributed by atoms with Gasteiger partial charge in [-0.15, -0.1) is 0 Å². The second-order valence-corrected chi connectivity index (χ2v) is 10.7. The summed E-state index contributed by atoms with van der Waals surface area (Å²) < 4.78 is 41.6. The Hall–Kier alpha value is -3.95. The number of carboxylic acid groups (broad SMARTS) is 1. The van der Waals surface area contributed by atoms with Gasteiger partial charge in [0.15, 0.2) is 11.5 Å². The van der Waals surface area contributed by atoms with E-state index < -0.39 is 23.1 Å². The van der Waals surface area contributed by atoms with E-state index in [0.29, 0.717) is 28.6 Å². The van der Waals surface area contributed by atoms with Gasteiger partial charge < -0.3 is 15.0 Å². The Morgan fingerprint density at radius 1 is 1.08 bits per heavy atom. The Bertz CT molecular complexity index is 1520. The second kappa shape index (κ2) is 9.36. The van der Waals surface area contributed by atoms with Crippen LogP contribution in [-0.2, 0) is 18.1 Å². The normalized spacial score (nSPS) is 17.5. The predicted molar refractivity (Wildman–Crippen MR) is 140 cm³/mol. The third-order valence-corrected chi connectivity index (χ3v) is 8.14. The number of alkyl halides is 3. The number of benzene rings is 2. The Balaban J connectivity index is 1.52. The number of anilines is 1. The molecule has 0 unspecified atom stereocenters. The van der Waals surface area contributed by atoms with Crippen LogP contribution in [0.2, 0.25) is 0 Å². The van der Waals surface area contributed by atoms with E-state index in [1.54, 1.807) is 0 Å². The van der Waals surface area contributed by atoms with E-state index in [1.807, 2.05) is 34.9 Å². The molecule has 39 heavy (non-hydrogen) atoms. The fourth-order valence-corrected chi connectivity index (χ4v) is 5.53. The molecule has 2 heterocycles. The molecule has 0 amide bonds. The topological polar surface area (TPSA) is 92.9 Å². The number of nitrogens with zero attached hydrogens (tertiary/aromatic N) is 4. The van der Waals surface area contributed by atoms with Crippen molar-refractivity contribution >= 4 is 23.0 Å². The molecule has 0 aliphatic heterocycles. The number of halogens is 3. The van der Waals surface area contributed by atoms with Gasteiger partial charge in [0, 0.05) is 12.6 Å². The maximum Gasteiger partial charge on any atom is 0.416 e. The Labute approximate surface area is 223 Å². The van der Waals surface area contributed by atoms with E-state index in [0.717, 1.165) is 49.8 Å². The summed E-state index contributed by atoms with van der Waals surface area (Å²) in [5.74, 6) is -0.0559. The van der Waals surface area contributed by atoms with Gasteiger partial charge in [0.1, 0.15) is 11.3 Å². The smallest absolute Gasteiger partial charge is 0.416 e. The van der Waals surface area contributed by atoms with Crippen LogP contribution in [0, 0.1) is 5.92 Å². The molecule has 7 nitrogen and oxygen atoms in total. The summed E-state index contributed by atoms with van der Waals surface area (Å²) in [6.45, 7) is 2.29. The zero-order valence-electron chi connectivity index (χ0n) is 21.4. The molecule has 4 aromatic rings. The molecular formula is C29H28F3N5O2. The minimum Gasteiger partial charge on any atom is -0.475 e. The Kier molecular flexibility index (Phi) is 6.08. The summed E-state index contributed by atoms with van der Waals surface area (Å²) in [5.41, 5.74) is 1.45. The van der Waals surface area contributed by atoms with Crippen LogP contribution in [0.1, 0.15) is 72.2 Å². The molecule has 1 atom stereocenters. The van der Waals surface area contributed by atoms with Gasteiger partial charge in [-0.3, -0.25) is 0 Å². The molecule has 0 bridgehead atoms. The first-order chi connectivity index (χ1) is 18.7. The van der Waals surface area contributed by atoms with Gasteiger partial charge in [0.05, 0.1) is 11.0 Å². The second-order valence-electron chi connectivity index (χ2n) is 10.7.